The van der Waals surface area contributed by atoms with E-state index in [0.29, 0.717) is 6.54 Å². The van der Waals surface area contributed by atoms with Crippen molar-refractivity contribution in [1.29, 1.82) is 0 Å². The van der Waals surface area contributed by atoms with E-state index < -0.39 is 0 Å². The minimum Gasteiger partial charge on any atom is -0.354 e. The quantitative estimate of drug-likeness (QED) is 0.754. The molecule has 0 aliphatic rings. The maximum atomic E-state index is 11.7. The molecule has 0 aliphatic carbocycles. The van der Waals surface area contributed by atoms with Gasteiger partial charge in [0.25, 0.3) is 0 Å². The molecule has 1 unspecified atom stereocenters. The molecule has 1 amide bonds. The van der Waals surface area contributed by atoms with Crippen molar-refractivity contribution >= 4 is 5.91 Å². The molecule has 2 N–H and O–H groups in total. The van der Waals surface area contributed by atoms with Crippen LogP contribution < -0.4 is 10.6 Å². The third-order valence-electron chi connectivity index (χ3n) is 2.65. The third-order valence-corrected chi connectivity index (χ3v) is 2.65. The molecule has 1 rings (SSSR count). The minimum atomic E-state index is -0.106. The molecule has 0 bridgehead atoms. The average Bonchev–Trinajstić information content (AvgIpc) is 2.37. The zero-order valence-electron chi connectivity index (χ0n) is 10.7. The Labute approximate surface area is 104 Å². The van der Waals surface area contributed by atoms with Crippen molar-refractivity contribution in [3.8, 4) is 0 Å². The highest BCUT2D eigenvalue weighted by molar-refractivity contribution is 5.81. The lowest BCUT2D eigenvalue weighted by Crippen LogP contribution is -2.43. The highest BCUT2D eigenvalue weighted by atomic mass is 16.2. The summed E-state index contributed by atoms with van der Waals surface area (Å²) in [6, 6.07) is 10.1. The summed E-state index contributed by atoms with van der Waals surface area (Å²) in [6.45, 7) is 5.56. The SMILES string of the molecule is CCCNC(C)C(=O)NCCc1ccccc1. The summed E-state index contributed by atoms with van der Waals surface area (Å²) >= 11 is 0. The Balaban J connectivity index is 2.20. The van der Waals surface area contributed by atoms with Crippen molar-refractivity contribution in [2.75, 3.05) is 13.1 Å². The molecule has 0 aromatic heterocycles. The van der Waals surface area contributed by atoms with Gasteiger partial charge in [0, 0.05) is 6.54 Å². The van der Waals surface area contributed by atoms with Crippen LogP contribution in [0.4, 0.5) is 0 Å². The second-order valence-electron chi connectivity index (χ2n) is 4.20. The molecule has 0 spiro atoms. The first-order valence-electron chi connectivity index (χ1n) is 6.29. The first-order valence-corrected chi connectivity index (χ1v) is 6.29. The number of carbonyl (C=O) groups is 1. The fraction of sp³-hybridized carbons (Fsp3) is 0.500. The summed E-state index contributed by atoms with van der Waals surface area (Å²) in [5.74, 6) is 0.0781. The van der Waals surface area contributed by atoms with E-state index >= 15 is 0 Å². The van der Waals surface area contributed by atoms with Crippen molar-refractivity contribution < 1.29 is 4.79 Å². The van der Waals surface area contributed by atoms with Gasteiger partial charge in [0.1, 0.15) is 0 Å². The van der Waals surface area contributed by atoms with Crippen LogP contribution in [0, 0.1) is 0 Å². The molecule has 0 radical (unpaired) electrons. The summed E-state index contributed by atoms with van der Waals surface area (Å²) in [5.41, 5.74) is 1.25. The van der Waals surface area contributed by atoms with Crippen molar-refractivity contribution in [1.82, 2.24) is 10.6 Å². The van der Waals surface area contributed by atoms with Gasteiger partial charge in [0.2, 0.25) is 5.91 Å². The van der Waals surface area contributed by atoms with Crippen molar-refractivity contribution in [2.45, 2.75) is 32.7 Å². The fourth-order valence-corrected chi connectivity index (χ4v) is 1.58. The summed E-state index contributed by atoms with van der Waals surface area (Å²) in [5, 5.41) is 6.11. The monoisotopic (exact) mass is 234 g/mol. The van der Waals surface area contributed by atoms with E-state index in [9.17, 15) is 4.79 Å². The van der Waals surface area contributed by atoms with Gasteiger partial charge in [-0.2, -0.15) is 0 Å². The molecule has 94 valence electrons. The van der Waals surface area contributed by atoms with Gasteiger partial charge >= 0.3 is 0 Å². The van der Waals surface area contributed by atoms with Crippen LogP contribution in [0.1, 0.15) is 25.8 Å². The van der Waals surface area contributed by atoms with Crippen LogP contribution in [0.25, 0.3) is 0 Å². The van der Waals surface area contributed by atoms with Gasteiger partial charge in [-0.05, 0) is 31.9 Å². The number of hydrogen-bond acceptors (Lipinski definition) is 2. The van der Waals surface area contributed by atoms with E-state index in [1.807, 2.05) is 25.1 Å². The second kappa shape index (κ2) is 7.85. The molecule has 0 heterocycles. The molecule has 0 aliphatic heterocycles. The van der Waals surface area contributed by atoms with Gasteiger partial charge in [-0.1, -0.05) is 37.3 Å². The average molecular weight is 234 g/mol. The maximum Gasteiger partial charge on any atom is 0.236 e. The molecule has 1 aromatic rings. The van der Waals surface area contributed by atoms with Crippen LogP contribution in [-0.2, 0) is 11.2 Å². The normalized spacial score (nSPS) is 12.1. The number of hydrogen-bond donors (Lipinski definition) is 2. The molecule has 0 saturated carbocycles. The number of nitrogens with one attached hydrogen (secondary N) is 2. The van der Waals surface area contributed by atoms with Gasteiger partial charge in [-0.15, -0.1) is 0 Å². The largest absolute Gasteiger partial charge is 0.354 e. The molecule has 3 nitrogen and oxygen atoms in total. The standard InChI is InChI=1S/C14H22N2O/c1-3-10-15-12(2)14(17)16-11-9-13-7-5-4-6-8-13/h4-8,12,15H,3,9-11H2,1-2H3,(H,16,17). The van der Waals surface area contributed by atoms with E-state index in [4.69, 9.17) is 0 Å². The predicted molar refractivity (Wildman–Crippen MR) is 70.9 cm³/mol. The van der Waals surface area contributed by atoms with E-state index in [1.165, 1.54) is 5.56 Å². The number of amides is 1. The van der Waals surface area contributed by atoms with E-state index in [1.54, 1.807) is 0 Å². The predicted octanol–water partition coefficient (Wildman–Crippen LogP) is 1.73. The van der Waals surface area contributed by atoms with Crippen molar-refractivity contribution in [3.63, 3.8) is 0 Å². The topological polar surface area (TPSA) is 41.1 Å². The number of benzene rings is 1. The first-order chi connectivity index (χ1) is 8.24. The molecule has 17 heavy (non-hydrogen) atoms. The lowest BCUT2D eigenvalue weighted by Gasteiger charge is -2.13. The lowest BCUT2D eigenvalue weighted by molar-refractivity contribution is -0.122. The Morgan fingerprint density at radius 3 is 2.59 bits per heavy atom. The maximum absolute atomic E-state index is 11.7. The van der Waals surface area contributed by atoms with Crippen LogP contribution in [0.3, 0.4) is 0 Å². The number of carbonyl (C=O) groups excluding carboxylic acids is 1. The Bertz CT molecular complexity index is 324. The third kappa shape index (κ3) is 5.50. The molecular formula is C14H22N2O. The van der Waals surface area contributed by atoms with Gasteiger partial charge in [0.05, 0.1) is 6.04 Å². The smallest absolute Gasteiger partial charge is 0.236 e. The van der Waals surface area contributed by atoms with Crippen molar-refractivity contribution in [3.05, 3.63) is 35.9 Å². The Kier molecular flexibility index (Phi) is 6.33. The second-order valence-corrected chi connectivity index (χ2v) is 4.20. The van der Waals surface area contributed by atoms with E-state index in [0.717, 1.165) is 19.4 Å². The molecule has 1 aromatic carbocycles. The zero-order chi connectivity index (χ0) is 12.5. The van der Waals surface area contributed by atoms with Crippen molar-refractivity contribution in [2.24, 2.45) is 0 Å². The van der Waals surface area contributed by atoms with Gasteiger partial charge in [-0.3, -0.25) is 4.79 Å². The molecule has 0 fully saturated rings. The molecule has 1 atom stereocenters. The van der Waals surface area contributed by atoms with E-state index in [-0.39, 0.29) is 11.9 Å². The number of rotatable bonds is 7. The summed E-state index contributed by atoms with van der Waals surface area (Å²) in [4.78, 5) is 11.7. The molecular weight excluding hydrogens is 212 g/mol. The first kappa shape index (κ1) is 13.7. The van der Waals surface area contributed by atoms with Crippen LogP contribution in [0.2, 0.25) is 0 Å². The minimum absolute atomic E-state index is 0.0781. The molecule has 0 saturated heterocycles. The Morgan fingerprint density at radius 1 is 1.24 bits per heavy atom. The van der Waals surface area contributed by atoms with Gasteiger partial charge in [-0.25, -0.2) is 0 Å². The van der Waals surface area contributed by atoms with Gasteiger partial charge in [0.15, 0.2) is 0 Å². The lowest BCUT2D eigenvalue weighted by atomic mass is 10.1. The zero-order valence-corrected chi connectivity index (χ0v) is 10.7. The Morgan fingerprint density at radius 2 is 1.94 bits per heavy atom. The van der Waals surface area contributed by atoms with Crippen LogP contribution >= 0.6 is 0 Å². The van der Waals surface area contributed by atoms with Crippen LogP contribution in [0.5, 0.6) is 0 Å². The molecule has 3 heteroatoms. The summed E-state index contributed by atoms with van der Waals surface area (Å²) in [7, 11) is 0. The van der Waals surface area contributed by atoms with Gasteiger partial charge < -0.3 is 10.6 Å². The Hall–Kier alpha value is -1.35. The summed E-state index contributed by atoms with van der Waals surface area (Å²) < 4.78 is 0. The highest BCUT2D eigenvalue weighted by Gasteiger charge is 2.09. The fourth-order valence-electron chi connectivity index (χ4n) is 1.58. The highest BCUT2D eigenvalue weighted by Crippen LogP contribution is 1.98. The van der Waals surface area contributed by atoms with E-state index in [2.05, 4.69) is 29.7 Å². The summed E-state index contributed by atoms with van der Waals surface area (Å²) in [6.07, 6.45) is 1.93. The van der Waals surface area contributed by atoms with Crippen LogP contribution in [0.15, 0.2) is 30.3 Å². The van der Waals surface area contributed by atoms with Crippen LogP contribution in [-0.4, -0.2) is 25.0 Å².